The van der Waals surface area contributed by atoms with Crippen LogP contribution in [-0.4, -0.2) is 29.6 Å². The average molecular weight is 293 g/mol. The SMILES string of the molecule is CCOC(=O)CCC(=O)Nc1c(C)cc(C)cc1C(=O)O. The number of carbonyl (C=O) groups excluding carboxylic acids is 2. The van der Waals surface area contributed by atoms with Crippen molar-refractivity contribution in [1.29, 1.82) is 0 Å². The second-order valence-corrected chi connectivity index (χ2v) is 4.66. The third kappa shape index (κ3) is 4.91. The van der Waals surface area contributed by atoms with E-state index in [-0.39, 0.29) is 30.7 Å². The summed E-state index contributed by atoms with van der Waals surface area (Å²) in [6, 6.07) is 3.28. The molecule has 0 aromatic heterocycles. The smallest absolute Gasteiger partial charge is 0.337 e. The molecule has 114 valence electrons. The molecule has 0 bridgehead atoms. The summed E-state index contributed by atoms with van der Waals surface area (Å²) in [5, 5.41) is 11.7. The summed E-state index contributed by atoms with van der Waals surface area (Å²) in [5.74, 6) is -1.98. The van der Waals surface area contributed by atoms with E-state index in [9.17, 15) is 19.5 Å². The van der Waals surface area contributed by atoms with Gasteiger partial charge in [-0.1, -0.05) is 6.07 Å². The summed E-state index contributed by atoms with van der Waals surface area (Å²) in [5.41, 5.74) is 1.77. The number of carboxylic acid groups (broad SMARTS) is 1. The summed E-state index contributed by atoms with van der Waals surface area (Å²) in [6.45, 7) is 5.46. The van der Waals surface area contributed by atoms with Crippen molar-refractivity contribution >= 4 is 23.5 Å². The number of hydrogen-bond acceptors (Lipinski definition) is 4. The lowest BCUT2D eigenvalue weighted by Gasteiger charge is -2.12. The fourth-order valence-corrected chi connectivity index (χ4v) is 1.95. The number of hydrogen-bond donors (Lipinski definition) is 2. The van der Waals surface area contributed by atoms with Crippen molar-refractivity contribution < 1.29 is 24.2 Å². The third-order valence-corrected chi connectivity index (χ3v) is 2.84. The van der Waals surface area contributed by atoms with Crippen molar-refractivity contribution in [2.45, 2.75) is 33.6 Å². The normalized spacial score (nSPS) is 10.0. The van der Waals surface area contributed by atoms with Crippen molar-refractivity contribution in [1.82, 2.24) is 0 Å². The largest absolute Gasteiger partial charge is 0.478 e. The molecule has 1 aromatic rings. The average Bonchev–Trinajstić information content (AvgIpc) is 2.39. The lowest BCUT2D eigenvalue weighted by atomic mass is 10.0. The van der Waals surface area contributed by atoms with Gasteiger partial charge in [0.2, 0.25) is 5.91 Å². The molecule has 2 N–H and O–H groups in total. The molecule has 0 aliphatic rings. The highest BCUT2D eigenvalue weighted by Gasteiger charge is 2.16. The van der Waals surface area contributed by atoms with E-state index in [0.717, 1.165) is 5.56 Å². The van der Waals surface area contributed by atoms with Crippen LogP contribution in [0.15, 0.2) is 12.1 Å². The molecule has 0 heterocycles. The Morgan fingerprint density at radius 1 is 1.19 bits per heavy atom. The molecule has 0 aliphatic heterocycles. The van der Waals surface area contributed by atoms with E-state index in [1.807, 2.05) is 0 Å². The molecule has 0 aliphatic carbocycles. The molecule has 6 nitrogen and oxygen atoms in total. The first-order valence-corrected chi connectivity index (χ1v) is 6.65. The Morgan fingerprint density at radius 2 is 1.86 bits per heavy atom. The standard InChI is InChI=1S/C15H19NO5/c1-4-21-13(18)6-5-12(17)16-14-10(3)7-9(2)8-11(14)15(19)20/h7-8H,4-6H2,1-3H3,(H,16,17)(H,19,20). The number of rotatable bonds is 6. The van der Waals surface area contributed by atoms with Crippen molar-refractivity contribution in [2.75, 3.05) is 11.9 Å². The maximum atomic E-state index is 11.8. The Hall–Kier alpha value is -2.37. The van der Waals surface area contributed by atoms with Gasteiger partial charge < -0.3 is 15.2 Å². The molecular formula is C15H19NO5. The molecule has 0 unspecified atom stereocenters. The molecule has 21 heavy (non-hydrogen) atoms. The number of amides is 1. The van der Waals surface area contributed by atoms with Crippen LogP contribution in [0.3, 0.4) is 0 Å². The molecule has 6 heteroatoms. The van der Waals surface area contributed by atoms with Gasteiger partial charge in [0.1, 0.15) is 0 Å². The van der Waals surface area contributed by atoms with E-state index < -0.39 is 17.8 Å². The number of nitrogens with one attached hydrogen (secondary N) is 1. The molecule has 0 radical (unpaired) electrons. The highest BCUT2D eigenvalue weighted by Crippen LogP contribution is 2.23. The fourth-order valence-electron chi connectivity index (χ4n) is 1.95. The second-order valence-electron chi connectivity index (χ2n) is 4.66. The topological polar surface area (TPSA) is 92.7 Å². The van der Waals surface area contributed by atoms with Gasteiger partial charge in [0.15, 0.2) is 0 Å². The number of esters is 1. The summed E-state index contributed by atoms with van der Waals surface area (Å²) in [6.07, 6.45) is -0.0851. The van der Waals surface area contributed by atoms with E-state index in [4.69, 9.17) is 4.74 Å². The Bertz CT molecular complexity index is 565. The van der Waals surface area contributed by atoms with Gasteiger partial charge in [0, 0.05) is 6.42 Å². The van der Waals surface area contributed by atoms with E-state index >= 15 is 0 Å². The first-order valence-electron chi connectivity index (χ1n) is 6.65. The molecule has 1 rings (SSSR count). The molecule has 0 fully saturated rings. The van der Waals surface area contributed by atoms with Gasteiger partial charge in [-0.25, -0.2) is 4.79 Å². The van der Waals surface area contributed by atoms with Gasteiger partial charge in [-0.15, -0.1) is 0 Å². The third-order valence-electron chi connectivity index (χ3n) is 2.84. The minimum Gasteiger partial charge on any atom is -0.478 e. The molecule has 0 spiro atoms. The number of ether oxygens (including phenoxy) is 1. The number of benzene rings is 1. The van der Waals surface area contributed by atoms with Gasteiger partial charge in [0.25, 0.3) is 0 Å². The number of carbonyl (C=O) groups is 3. The molecule has 0 saturated carbocycles. The zero-order valence-electron chi connectivity index (χ0n) is 12.4. The van der Waals surface area contributed by atoms with E-state index in [0.29, 0.717) is 5.56 Å². The lowest BCUT2D eigenvalue weighted by molar-refractivity contribution is -0.144. The first kappa shape index (κ1) is 16.7. The number of aryl methyl sites for hydroxylation is 2. The zero-order valence-corrected chi connectivity index (χ0v) is 12.4. The van der Waals surface area contributed by atoms with Crippen LogP contribution < -0.4 is 5.32 Å². The molecule has 1 aromatic carbocycles. The monoisotopic (exact) mass is 293 g/mol. The predicted octanol–water partition coefficient (Wildman–Crippen LogP) is 2.28. The highest BCUT2D eigenvalue weighted by molar-refractivity contribution is 6.02. The fraction of sp³-hybridized carbons (Fsp3) is 0.400. The Balaban J connectivity index is 2.80. The van der Waals surface area contributed by atoms with Crippen LogP contribution in [0.5, 0.6) is 0 Å². The second kappa shape index (κ2) is 7.42. The van der Waals surface area contributed by atoms with Gasteiger partial charge >= 0.3 is 11.9 Å². The lowest BCUT2D eigenvalue weighted by Crippen LogP contribution is -2.17. The first-order chi connectivity index (χ1) is 9.85. The number of carboxylic acids is 1. The Kier molecular flexibility index (Phi) is 5.90. The van der Waals surface area contributed by atoms with Crippen LogP contribution in [0.1, 0.15) is 41.3 Å². The van der Waals surface area contributed by atoms with Gasteiger partial charge in [-0.2, -0.15) is 0 Å². The number of anilines is 1. The van der Waals surface area contributed by atoms with E-state index in [2.05, 4.69) is 5.32 Å². The van der Waals surface area contributed by atoms with Crippen molar-refractivity contribution in [3.63, 3.8) is 0 Å². The van der Waals surface area contributed by atoms with Gasteiger partial charge in [-0.05, 0) is 38.0 Å². The quantitative estimate of drug-likeness (QED) is 0.785. The van der Waals surface area contributed by atoms with Crippen LogP contribution in [0.4, 0.5) is 5.69 Å². The molecule has 0 saturated heterocycles. The maximum Gasteiger partial charge on any atom is 0.337 e. The van der Waals surface area contributed by atoms with Crippen LogP contribution in [0.25, 0.3) is 0 Å². The summed E-state index contributed by atoms with van der Waals surface area (Å²) >= 11 is 0. The summed E-state index contributed by atoms with van der Waals surface area (Å²) < 4.78 is 4.73. The van der Waals surface area contributed by atoms with Crippen LogP contribution in [-0.2, 0) is 14.3 Å². The van der Waals surface area contributed by atoms with Crippen molar-refractivity contribution in [3.8, 4) is 0 Å². The minimum atomic E-state index is -1.11. The molecule has 1 amide bonds. The maximum absolute atomic E-state index is 11.8. The van der Waals surface area contributed by atoms with Crippen molar-refractivity contribution in [3.05, 3.63) is 28.8 Å². The Morgan fingerprint density at radius 3 is 2.43 bits per heavy atom. The van der Waals surface area contributed by atoms with Crippen LogP contribution in [0.2, 0.25) is 0 Å². The van der Waals surface area contributed by atoms with Crippen LogP contribution in [0, 0.1) is 13.8 Å². The minimum absolute atomic E-state index is 0.0347. The summed E-state index contributed by atoms with van der Waals surface area (Å²) in [4.78, 5) is 34.2. The van der Waals surface area contributed by atoms with Gasteiger partial charge in [-0.3, -0.25) is 9.59 Å². The van der Waals surface area contributed by atoms with Crippen LogP contribution >= 0.6 is 0 Å². The van der Waals surface area contributed by atoms with E-state index in [1.54, 1.807) is 26.8 Å². The zero-order chi connectivity index (χ0) is 16.0. The summed E-state index contributed by atoms with van der Waals surface area (Å²) in [7, 11) is 0. The molecule has 0 atom stereocenters. The highest BCUT2D eigenvalue weighted by atomic mass is 16.5. The van der Waals surface area contributed by atoms with E-state index in [1.165, 1.54) is 6.07 Å². The molecular weight excluding hydrogens is 274 g/mol. The number of aromatic carboxylic acids is 1. The van der Waals surface area contributed by atoms with Gasteiger partial charge in [0.05, 0.1) is 24.3 Å². The van der Waals surface area contributed by atoms with Crippen molar-refractivity contribution in [2.24, 2.45) is 0 Å². The predicted molar refractivity (Wildman–Crippen MR) is 77.4 cm³/mol. The Labute approximate surface area is 123 Å².